The van der Waals surface area contributed by atoms with Crippen LogP contribution >= 0.6 is 0 Å². The molecule has 4 rings (SSSR count). The van der Waals surface area contributed by atoms with Crippen LogP contribution in [0.3, 0.4) is 0 Å². The lowest BCUT2D eigenvalue weighted by Crippen LogP contribution is -2.41. The molecule has 3 N–H and O–H groups in total. The molecule has 1 fully saturated rings. The number of nitrogens with one attached hydrogen (secondary N) is 1. The van der Waals surface area contributed by atoms with Gasteiger partial charge in [-0.3, -0.25) is 4.90 Å². The van der Waals surface area contributed by atoms with Crippen molar-refractivity contribution in [2.75, 3.05) is 19.7 Å². The predicted molar refractivity (Wildman–Crippen MR) is 136 cm³/mol. The minimum absolute atomic E-state index is 0.346. The lowest BCUT2D eigenvalue weighted by atomic mass is 9.87. The minimum Gasteiger partial charge on any atom is -0.508 e. The molecule has 0 aliphatic carbocycles. The quantitative estimate of drug-likeness (QED) is 0.446. The van der Waals surface area contributed by atoms with Crippen LogP contribution in [0.1, 0.15) is 62.3 Å². The largest absolute Gasteiger partial charge is 0.508 e. The lowest BCUT2D eigenvalue weighted by Gasteiger charge is -2.40. The standard InChI is InChI=1S/C26H36N2O2.C2HF3O2/c1-19(2)28-15-12-21-18-23(29)8-11-25(21)26(28)17-20-6-9-24(10-7-20)30-16-13-22-5-3-4-14-27-22;3-2(4,5)1(6)7/h6-11,18-19,22,26-27,29H,3-5,12-17H2,1-2H3;(H,6,7). The number of ether oxygens (including phenoxy) is 1. The van der Waals surface area contributed by atoms with Gasteiger partial charge in [0.2, 0.25) is 0 Å². The molecule has 0 aromatic heterocycles. The molecule has 0 amide bonds. The van der Waals surface area contributed by atoms with Gasteiger partial charge in [-0.1, -0.05) is 24.6 Å². The topological polar surface area (TPSA) is 82.0 Å². The number of rotatable bonds is 7. The number of aliphatic carboxylic acids is 1. The summed E-state index contributed by atoms with van der Waals surface area (Å²) in [7, 11) is 0. The molecule has 37 heavy (non-hydrogen) atoms. The number of carboxylic acid groups (broad SMARTS) is 1. The SMILES string of the molecule is CC(C)N1CCc2cc(O)ccc2C1Cc1ccc(OCCC2CCCCN2)cc1.O=C(O)C(F)(F)F. The highest BCUT2D eigenvalue weighted by atomic mass is 19.4. The van der Waals surface area contributed by atoms with E-state index >= 15 is 0 Å². The number of aromatic hydroxyl groups is 1. The van der Waals surface area contributed by atoms with Crippen LogP contribution in [-0.2, 0) is 17.6 Å². The Morgan fingerprint density at radius 1 is 1.16 bits per heavy atom. The summed E-state index contributed by atoms with van der Waals surface area (Å²) in [5.41, 5.74) is 3.97. The molecule has 1 saturated heterocycles. The van der Waals surface area contributed by atoms with E-state index in [4.69, 9.17) is 14.6 Å². The number of carbonyl (C=O) groups is 1. The first-order valence-corrected chi connectivity index (χ1v) is 12.9. The average Bonchev–Trinajstić information content (AvgIpc) is 2.85. The van der Waals surface area contributed by atoms with Crippen LogP contribution in [0.15, 0.2) is 42.5 Å². The van der Waals surface area contributed by atoms with Crippen molar-refractivity contribution in [3.05, 3.63) is 59.2 Å². The van der Waals surface area contributed by atoms with Crippen LogP contribution in [0, 0.1) is 0 Å². The van der Waals surface area contributed by atoms with Gasteiger partial charge in [-0.15, -0.1) is 0 Å². The van der Waals surface area contributed by atoms with Crippen LogP contribution in [0.25, 0.3) is 0 Å². The van der Waals surface area contributed by atoms with Crippen molar-refractivity contribution in [2.24, 2.45) is 0 Å². The zero-order valence-electron chi connectivity index (χ0n) is 21.4. The van der Waals surface area contributed by atoms with E-state index in [1.54, 1.807) is 0 Å². The van der Waals surface area contributed by atoms with Gasteiger partial charge in [-0.2, -0.15) is 13.2 Å². The molecule has 2 heterocycles. The molecule has 2 aromatic carbocycles. The number of phenolic OH excluding ortho intramolecular Hbond substituents is 1. The second-order valence-corrected chi connectivity index (χ2v) is 9.92. The average molecular weight is 523 g/mol. The van der Waals surface area contributed by atoms with Gasteiger partial charge in [-0.25, -0.2) is 4.79 Å². The summed E-state index contributed by atoms with van der Waals surface area (Å²) in [6, 6.07) is 16.0. The van der Waals surface area contributed by atoms with E-state index in [0.29, 0.717) is 23.9 Å². The van der Waals surface area contributed by atoms with Gasteiger partial charge in [0.1, 0.15) is 11.5 Å². The first-order chi connectivity index (χ1) is 17.5. The molecular formula is C28H37F3N2O4. The van der Waals surface area contributed by atoms with E-state index in [-0.39, 0.29) is 0 Å². The Balaban J connectivity index is 0.000000479. The molecule has 2 aromatic rings. The van der Waals surface area contributed by atoms with E-state index in [0.717, 1.165) is 44.7 Å². The Bertz CT molecular complexity index is 1010. The third-order valence-electron chi connectivity index (χ3n) is 6.93. The zero-order chi connectivity index (χ0) is 27.0. The monoisotopic (exact) mass is 522 g/mol. The van der Waals surface area contributed by atoms with Gasteiger partial charge in [0.05, 0.1) is 6.61 Å². The summed E-state index contributed by atoms with van der Waals surface area (Å²) < 4.78 is 37.7. The van der Waals surface area contributed by atoms with Crippen molar-refractivity contribution in [1.82, 2.24) is 10.2 Å². The van der Waals surface area contributed by atoms with Crippen LogP contribution in [0.2, 0.25) is 0 Å². The highest BCUT2D eigenvalue weighted by Crippen LogP contribution is 2.35. The maximum atomic E-state index is 10.6. The van der Waals surface area contributed by atoms with Crippen molar-refractivity contribution in [1.29, 1.82) is 0 Å². The van der Waals surface area contributed by atoms with E-state index in [1.165, 1.54) is 36.0 Å². The Morgan fingerprint density at radius 2 is 1.86 bits per heavy atom. The fourth-order valence-corrected chi connectivity index (χ4v) is 5.00. The maximum Gasteiger partial charge on any atom is 0.490 e. The van der Waals surface area contributed by atoms with Gasteiger partial charge in [-0.05, 0) is 93.5 Å². The Morgan fingerprint density at radius 3 is 2.46 bits per heavy atom. The molecule has 0 spiro atoms. The van der Waals surface area contributed by atoms with Crippen molar-refractivity contribution in [2.45, 2.75) is 76.7 Å². The van der Waals surface area contributed by atoms with Crippen molar-refractivity contribution in [3.63, 3.8) is 0 Å². The number of nitrogens with zero attached hydrogens (tertiary/aromatic N) is 1. The Hall–Kier alpha value is -2.78. The number of hydrogen-bond acceptors (Lipinski definition) is 5. The van der Waals surface area contributed by atoms with Gasteiger partial charge in [0.25, 0.3) is 0 Å². The van der Waals surface area contributed by atoms with Gasteiger partial charge >= 0.3 is 12.1 Å². The number of fused-ring (bicyclic) bond motifs is 1. The number of hydrogen-bond donors (Lipinski definition) is 3. The summed E-state index contributed by atoms with van der Waals surface area (Å²) in [5, 5.41) is 20.6. The van der Waals surface area contributed by atoms with E-state index in [1.807, 2.05) is 12.1 Å². The van der Waals surface area contributed by atoms with Gasteiger partial charge < -0.3 is 20.3 Å². The first kappa shape index (κ1) is 28.8. The third-order valence-corrected chi connectivity index (χ3v) is 6.93. The van der Waals surface area contributed by atoms with E-state index in [2.05, 4.69) is 54.4 Å². The number of halogens is 3. The number of carboxylic acids is 1. The number of benzene rings is 2. The Kier molecular flexibility index (Phi) is 10.2. The number of phenols is 1. The first-order valence-electron chi connectivity index (χ1n) is 12.9. The van der Waals surface area contributed by atoms with Crippen molar-refractivity contribution in [3.8, 4) is 11.5 Å². The van der Waals surface area contributed by atoms with Crippen LogP contribution in [-0.4, -0.2) is 59.0 Å². The molecule has 2 aliphatic rings. The van der Waals surface area contributed by atoms with Crippen molar-refractivity contribution < 1.29 is 32.9 Å². The molecule has 2 aliphatic heterocycles. The van der Waals surface area contributed by atoms with Gasteiger partial charge in [0, 0.05) is 24.7 Å². The summed E-state index contributed by atoms with van der Waals surface area (Å²) in [6.07, 6.45) is 1.89. The lowest BCUT2D eigenvalue weighted by molar-refractivity contribution is -0.192. The molecule has 0 bridgehead atoms. The second kappa shape index (κ2) is 13.1. The molecule has 6 nitrogen and oxygen atoms in total. The van der Waals surface area contributed by atoms with Crippen molar-refractivity contribution >= 4 is 5.97 Å². The summed E-state index contributed by atoms with van der Waals surface area (Å²) >= 11 is 0. The summed E-state index contributed by atoms with van der Waals surface area (Å²) in [5.74, 6) is -1.42. The highest BCUT2D eigenvalue weighted by Gasteiger charge is 2.38. The zero-order valence-corrected chi connectivity index (χ0v) is 21.4. The molecule has 9 heteroatoms. The highest BCUT2D eigenvalue weighted by molar-refractivity contribution is 5.73. The van der Waals surface area contributed by atoms with Crippen LogP contribution < -0.4 is 10.1 Å². The Labute approximate surface area is 216 Å². The van der Waals surface area contributed by atoms with Crippen LogP contribution in [0.4, 0.5) is 13.2 Å². The summed E-state index contributed by atoms with van der Waals surface area (Å²) in [6.45, 7) is 7.51. The predicted octanol–water partition coefficient (Wildman–Crippen LogP) is 5.49. The summed E-state index contributed by atoms with van der Waals surface area (Å²) in [4.78, 5) is 11.5. The van der Waals surface area contributed by atoms with E-state index in [9.17, 15) is 18.3 Å². The molecule has 204 valence electrons. The normalized spacial score (nSPS) is 20.1. The van der Waals surface area contributed by atoms with Gasteiger partial charge in [0.15, 0.2) is 0 Å². The fourth-order valence-electron chi connectivity index (χ4n) is 5.00. The molecule has 0 radical (unpaired) electrons. The minimum atomic E-state index is -5.08. The molecule has 0 saturated carbocycles. The molecular weight excluding hydrogens is 485 g/mol. The van der Waals surface area contributed by atoms with Crippen LogP contribution in [0.5, 0.6) is 11.5 Å². The number of piperidine rings is 1. The maximum absolute atomic E-state index is 10.6. The van der Waals surface area contributed by atoms with E-state index < -0.39 is 12.1 Å². The second-order valence-electron chi connectivity index (χ2n) is 9.92. The number of alkyl halides is 3. The smallest absolute Gasteiger partial charge is 0.490 e. The third kappa shape index (κ3) is 8.64. The molecule has 2 atom stereocenters. The molecule has 2 unspecified atom stereocenters. The fraction of sp³-hybridized carbons (Fsp3) is 0.536.